The average Bonchev–Trinajstić information content (AvgIpc) is 2.75. The SMILES string of the molecule is CCCc1c(OC)cc(CC(O)(c2ccccc2)c2ccccc2)cc1OC. The lowest BCUT2D eigenvalue weighted by atomic mass is 9.81. The summed E-state index contributed by atoms with van der Waals surface area (Å²) in [6.07, 6.45) is 2.30. The highest BCUT2D eigenvalue weighted by Crippen LogP contribution is 2.37. The standard InChI is InChI=1S/C25H28O3/c1-4-11-22-23(27-2)16-19(17-24(22)28-3)18-25(26,20-12-7-5-8-13-20)21-14-9-6-10-15-21/h5-10,12-17,26H,4,11,18H2,1-3H3. The Morgan fingerprint density at radius 1 is 0.786 bits per heavy atom. The maximum absolute atomic E-state index is 11.8. The van der Waals surface area contributed by atoms with Crippen LogP contribution in [0.5, 0.6) is 11.5 Å². The fraction of sp³-hybridized carbons (Fsp3) is 0.280. The molecule has 3 aromatic carbocycles. The monoisotopic (exact) mass is 376 g/mol. The van der Waals surface area contributed by atoms with Crippen LogP contribution < -0.4 is 9.47 Å². The first-order valence-corrected chi connectivity index (χ1v) is 9.69. The molecule has 3 nitrogen and oxygen atoms in total. The molecule has 0 amide bonds. The minimum Gasteiger partial charge on any atom is -0.496 e. The van der Waals surface area contributed by atoms with Crippen molar-refractivity contribution in [2.24, 2.45) is 0 Å². The van der Waals surface area contributed by atoms with Crippen LogP contribution in [0.15, 0.2) is 72.8 Å². The molecule has 0 unspecified atom stereocenters. The van der Waals surface area contributed by atoms with Gasteiger partial charge in [0.15, 0.2) is 0 Å². The van der Waals surface area contributed by atoms with Crippen molar-refractivity contribution in [3.05, 3.63) is 95.1 Å². The van der Waals surface area contributed by atoms with Gasteiger partial charge in [0, 0.05) is 12.0 Å². The molecule has 0 fully saturated rings. The third-order valence-corrected chi connectivity index (χ3v) is 5.13. The van der Waals surface area contributed by atoms with Crippen molar-refractivity contribution in [1.29, 1.82) is 0 Å². The molecule has 146 valence electrons. The summed E-state index contributed by atoms with van der Waals surface area (Å²) in [4.78, 5) is 0. The molecule has 0 bridgehead atoms. The van der Waals surface area contributed by atoms with Gasteiger partial charge in [-0.3, -0.25) is 0 Å². The predicted octanol–water partition coefficient (Wildman–Crippen LogP) is 5.13. The van der Waals surface area contributed by atoms with Gasteiger partial charge in [-0.2, -0.15) is 0 Å². The van der Waals surface area contributed by atoms with Gasteiger partial charge in [0.2, 0.25) is 0 Å². The number of hydrogen-bond acceptors (Lipinski definition) is 3. The van der Waals surface area contributed by atoms with Gasteiger partial charge >= 0.3 is 0 Å². The Hall–Kier alpha value is -2.78. The van der Waals surface area contributed by atoms with Crippen LogP contribution in [0.4, 0.5) is 0 Å². The van der Waals surface area contributed by atoms with Gasteiger partial charge in [0.25, 0.3) is 0 Å². The first kappa shape index (κ1) is 20.0. The van der Waals surface area contributed by atoms with Crippen molar-refractivity contribution >= 4 is 0 Å². The maximum Gasteiger partial charge on any atom is 0.126 e. The van der Waals surface area contributed by atoms with E-state index in [1.165, 1.54) is 0 Å². The Balaban J connectivity index is 2.09. The second kappa shape index (κ2) is 8.94. The molecule has 0 aliphatic carbocycles. The number of benzene rings is 3. The van der Waals surface area contributed by atoms with E-state index in [0.717, 1.165) is 46.6 Å². The quantitative estimate of drug-likeness (QED) is 0.592. The molecule has 0 aromatic heterocycles. The molecule has 0 saturated carbocycles. The van der Waals surface area contributed by atoms with Crippen LogP contribution in [-0.2, 0) is 18.4 Å². The zero-order chi connectivity index (χ0) is 20.0. The van der Waals surface area contributed by atoms with Crippen LogP contribution in [0.1, 0.15) is 35.6 Å². The molecule has 0 spiro atoms. The Morgan fingerprint density at radius 3 is 1.64 bits per heavy atom. The Labute approximate surface area is 167 Å². The average molecular weight is 376 g/mol. The lowest BCUT2D eigenvalue weighted by Crippen LogP contribution is -2.30. The summed E-state index contributed by atoms with van der Waals surface area (Å²) >= 11 is 0. The van der Waals surface area contributed by atoms with Crippen molar-refractivity contribution < 1.29 is 14.6 Å². The highest BCUT2D eigenvalue weighted by atomic mass is 16.5. The summed E-state index contributed by atoms with van der Waals surface area (Å²) in [5.41, 5.74) is 2.60. The van der Waals surface area contributed by atoms with Crippen LogP contribution in [-0.4, -0.2) is 19.3 Å². The number of methoxy groups -OCH3 is 2. The van der Waals surface area contributed by atoms with Crippen LogP contribution >= 0.6 is 0 Å². The third kappa shape index (κ3) is 4.05. The van der Waals surface area contributed by atoms with E-state index in [2.05, 4.69) is 6.92 Å². The van der Waals surface area contributed by atoms with Crippen molar-refractivity contribution in [1.82, 2.24) is 0 Å². The van der Waals surface area contributed by atoms with Crippen molar-refractivity contribution in [2.75, 3.05) is 14.2 Å². The topological polar surface area (TPSA) is 38.7 Å². The first-order chi connectivity index (χ1) is 13.6. The summed E-state index contributed by atoms with van der Waals surface area (Å²) in [6.45, 7) is 2.14. The zero-order valence-corrected chi connectivity index (χ0v) is 16.8. The van der Waals surface area contributed by atoms with E-state index in [-0.39, 0.29) is 0 Å². The van der Waals surface area contributed by atoms with Crippen molar-refractivity contribution in [3.8, 4) is 11.5 Å². The van der Waals surface area contributed by atoms with Crippen LogP contribution in [0.3, 0.4) is 0 Å². The Kier molecular flexibility index (Phi) is 6.37. The third-order valence-electron chi connectivity index (χ3n) is 5.13. The highest BCUT2D eigenvalue weighted by Gasteiger charge is 2.32. The second-order valence-electron chi connectivity index (χ2n) is 7.00. The van der Waals surface area contributed by atoms with E-state index >= 15 is 0 Å². The molecule has 3 rings (SSSR count). The summed E-state index contributed by atoms with van der Waals surface area (Å²) < 4.78 is 11.3. The van der Waals surface area contributed by atoms with E-state index in [1.54, 1.807) is 14.2 Å². The summed E-state index contributed by atoms with van der Waals surface area (Å²) in [5, 5.41) is 11.8. The maximum atomic E-state index is 11.8. The largest absolute Gasteiger partial charge is 0.496 e. The first-order valence-electron chi connectivity index (χ1n) is 9.69. The van der Waals surface area contributed by atoms with Gasteiger partial charge in [-0.05, 0) is 35.2 Å². The van der Waals surface area contributed by atoms with E-state index in [1.807, 2.05) is 72.8 Å². The molecule has 0 atom stereocenters. The number of hydrogen-bond donors (Lipinski definition) is 1. The minimum atomic E-state index is -1.15. The fourth-order valence-electron chi connectivity index (χ4n) is 3.73. The molecule has 0 radical (unpaired) electrons. The van der Waals surface area contributed by atoms with Gasteiger partial charge in [-0.1, -0.05) is 74.0 Å². The summed E-state index contributed by atoms with van der Waals surface area (Å²) in [5.74, 6) is 1.61. The lowest BCUT2D eigenvalue weighted by Gasteiger charge is -2.30. The number of rotatable bonds is 8. The molecule has 0 heterocycles. The molecule has 0 saturated heterocycles. The van der Waals surface area contributed by atoms with Gasteiger partial charge in [0.1, 0.15) is 17.1 Å². The molecule has 0 aliphatic heterocycles. The van der Waals surface area contributed by atoms with E-state index in [9.17, 15) is 5.11 Å². The van der Waals surface area contributed by atoms with E-state index in [4.69, 9.17) is 9.47 Å². The van der Waals surface area contributed by atoms with Gasteiger partial charge in [-0.15, -0.1) is 0 Å². The molecular formula is C25H28O3. The van der Waals surface area contributed by atoms with Crippen LogP contribution in [0, 0.1) is 0 Å². The minimum absolute atomic E-state index is 0.417. The van der Waals surface area contributed by atoms with Gasteiger partial charge < -0.3 is 14.6 Å². The van der Waals surface area contributed by atoms with Gasteiger partial charge in [0.05, 0.1) is 14.2 Å². The Bertz CT molecular complexity index is 824. The summed E-state index contributed by atoms with van der Waals surface area (Å²) in [6, 6.07) is 23.6. The molecule has 3 aromatic rings. The van der Waals surface area contributed by atoms with Crippen molar-refractivity contribution in [2.45, 2.75) is 31.8 Å². The van der Waals surface area contributed by atoms with Crippen LogP contribution in [0.2, 0.25) is 0 Å². The number of aliphatic hydroxyl groups is 1. The summed E-state index contributed by atoms with van der Waals surface area (Å²) in [7, 11) is 3.36. The molecule has 1 N–H and O–H groups in total. The van der Waals surface area contributed by atoms with Crippen molar-refractivity contribution in [3.63, 3.8) is 0 Å². The zero-order valence-electron chi connectivity index (χ0n) is 16.8. The molecular weight excluding hydrogens is 348 g/mol. The van der Waals surface area contributed by atoms with Crippen LogP contribution in [0.25, 0.3) is 0 Å². The van der Waals surface area contributed by atoms with E-state index in [0.29, 0.717) is 6.42 Å². The molecule has 3 heteroatoms. The highest BCUT2D eigenvalue weighted by molar-refractivity contribution is 5.50. The van der Waals surface area contributed by atoms with Gasteiger partial charge in [-0.25, -0.2) is 0 Å². The predicted molar refractivity (Wildman–Crippen MR) is 113 cm³/mol. The Morgan fingerprint density at radius 2 is 1.25 bits per heavy atom. The number of ether oxygens (including phenoxy) is 2. The molecule has 28 heavy (non-hydrogen) atoms. The fourth-order valence-corrected chi connectivity index (χ4v) is 3.73. The normalized spacial score (nSPS) is 11.3. The lowest BCUT2D eigenvalue weighted by molar-refractivity contribution is 0.0810. The van der Waals surface area contributed by atoms with E-state index < -0.39 is 5.60 Å². The molecule has 0 aliphatic rings. The smallest absolute Gasteiger partial charge is 0.126 e. The second-order valence-corrected chi connectivity index (χ2v) is 7.00.